The predicted molar refractivity (Wildman–Crippen MR) is 57.0 cm³/mol. The van der Waals surface area contributed by atoms with Crippen molar-refractivity contribution in [2.45, 2.75) is 0 Å². The van der Waals surface area contributed by atoms with Crippen LogP contribution < -0.4 is 0 Å². The molecule has 4 heteroatoms. The van der Waals surface area contributed by atoms with Crippen LogP contribution >= 0.6 is 22.9 Å². The summed E-state index contributed by atoms with van der Waals surface area (Å²) >= 11 is 7.12. The van der Waals surface area contributed by atoms with E-state index in [0.29, 0.717) is 16.3 Å². The quantitative estimate of drug-likeness (QED) is 0.733. The lowest BCUT2D eigenvalue weighted by Gasteiger charge is -1.96. The number of aromatic nitrogens is 1. The Hall–Kier alpha value is -1.19. The van der Waals surface area contributed by atoms with E-state index >= 15 is 0 Å². The molecule has 70 valence electrons. The fraction of sp³-hybridized carbons (Fsp3) is 0. The smallest absolute Gasteiger partial charge is 0.212 e. The van der Waals surface area contributed by atoms with Crippen molar-refractivity contribution < 1.29 is 4.79 Å². The summed E-state index contributed by atoms with van der Waals surface area (Å²) in [5, 5.41) is 2.36. The SMILES string of the molecule is O=C(c1ccc(Cl)cc1)c1cscn1. The number of hydrogen-bond donors (Lipinski definition) is 0. The zero-order chi connectivity index (χ0) is 9.97. The van der Waals surface area contributed by atoms with Gasteiger partial charge in [-0.1, -0.05) is 11.6 Å². The minimum Gasteiger partial charge on any atom is -0.287 e. The molecule has 0 saturated heterocycles. The minimum atomic E-state index is -0.0667. The van der Waals surface area contributed by atoms with Gasteiger partial charge in [0.1, 0.15) is 5.69 Å². The molecule has 0 amide bonds. The van der Waals surface area contributed by atoms with Crippen LogP contribution in [0.25, 0.3) is 0 Å². The van der Waals surface area contributed by atoms with Gasteiger partial charge in [-0.2, -0.15) is 0 Å². The molecule has 0 N–H and O–H groups in total. The van der Waals surface area contributed by atoms with Gasteiger partial charge in [0.05, 0.1) is 5.51 Å². The zero-order valence-corrected chi connectivity index (χ0v) is 8.68. The molecule has 14 heavy (non-hydrogen) atoms. The molecule has 0 unspecified atom stereocenters. The van der Waals surface area contributed by atoms with Crippen molar-refractivity contribution in [3.8, 4) is 0 Å². The molecule has 2 aromatic rings. The van der Waals surface area contributed by atoms with E-state index in [1.54, 1.807) is 35.2 Å². The van der Waals surface area contributed by atoms with E-state index in [1.165, 1.54) is 11.3 Å². The van der Waals surface area contributed by atoms with Gasteiger partial charge in [-0.15, -0.1) is 11.3 Å². The molecule has 0 spiro atoms. The van der Waals surface area contributed by atoms with Crippen LogP contribution in [0, 0.1) is 0 Å². The monoisotopic (exact) mass is 223 g/mol. The first-order valence-corrected chi connectivity index (χ1v) is 5.28. The van der Waals surface area contributed by atoms with E-state index in [1.807, 2.05) is 0 Å². The van der Waals surface area contributed by atoms with E-state index < -0.39 is 0 Å². The summed E-state index contributed by atoms with van der Waals surface area (Å²) in [5.74, 6) is -0.0667. The van der Waals surface area contributed by atoms with Gasteiger partial charge in [-0.3, -0.25) is 4.79 Å². The summed E-state index contributed by atoms with van der Waals surface area (Å²) in [4.78, 5) is 15.7. The Bertz CT molecular complexity index is 436. The number of halogens is 1. The highest BCUT2D eigenvalue weighted by atomic mass is 35.5. The van der Waals surface area contributed by atoms with Crippen LogP contribution in [0.2, 0.25) is 5.02 Å². The second-order valence-corrected chi connectivity index (χ2v) is 3.86. The third kappa shape index (κ3) is 1.84. The van der Waals surface area contributed by atoms with Crippen molar-refractivity contribution >= 4 is 28.7 Å². The first-order valence-electron chi connectivity index (χ1n) is 3.96. The lowest BCUT2D eigenvalue weighted by Crippen LogP contribution is -2.00. The predicted octanol–water partition coefficient (Wildman–Crippen LogP) is 3.03. The fourth-order valence-electron chi connectivity index (χ4n) is 1.07. The Balaban J connectivity index is 2.33. The summed E-state index contributed by atoms with van der Waals surface area (Å²) in [7, 11) is 0. The highest BCUT2D eigenvalue weighted by Crippen LogP contribution is 2.13. The van der Waals surface area contributed by atoms with Gasteiger partial charge in [-0.25, -0.2) is 4.98 Å². The third-order valence-corrected chi connectivity index (χ3v) is 2.61. The first-order chi connectivity index (χ1) is 6.77. The van der Waals surface area contributed by atoms with Gasteiger partial charge in [-0.05, 0) is 24.3 Å². The van der Waals surface area contributed by atoms with Crippen molar-refractivity contribution in [3.63, 3.8) is 0 Å². The second-order valence-electron chi connectivity index (χ2n) is 2.71. The average molecular weight is 224 g/mol. The third-order valence-electron chi connectivity index (χ3n) is 1.77. The number of thiazole rings is 1. The van der Waals surface area contributed by atoms with Crippen LogP contribution in [0.5, 0.6) is 0 Å². The lowest BCUT2D eigenvalue weighted by molar-refractivity contribution is 0.103. The molecule has 2 nitrogen and oxygen atoms in total. The van der Waals surface area contributed by atoms with Gasteiger partial charge in [0.25, 0.3) is 0 Å². The Labute approximate surface area is 90.2 Å². The molecule has 0 aliphatic carbocycles. The summed E-state index contributed by atoms with van der Waals surface area (Å²) in [6.45, 7) is 0. The van der Waals surface area contributed by atoms with Crippen LogP contribution in [-0.2, 0) is 0 Å². The van der Waals surface area contributed by atoms with Crippen LogP contribution in [-0.4, -0.2) is 10.8 Å². The maximum absolute atomic E-state index is 11.7. The molecule has 0 radical (unpaired) electrons. The molecule has 1 aromatic carbocycles. The van der Waals surface area contributed by atoms with E-state index in [0.717, 1.165) is 0 Å². The van der Waals surface area contributed by atoms with E-state index in [2.05, 4.69) is 4.98 Å². The van der Waals surface area contributed by atoms with E-state index in [-0.39, 0.29) is 5.78 Å². The maximum Gasteiger partial charge on any atom is 0.212 e. The van der Waals surface area contributed by atoms with Gasteiger partial charge in [0.2, 0.25) is 5.78 Å². The van der Waals surface area contributed by atoms with Crippen molar-refractivity contribution in [3.05, 3.63) is 51.4 Å². The maximum atomic E-state index is 11.7. The standard InChI is InChI=1S/C10H6ClNOS/c11-8-3-1-7(2-4-8)10(13)9-5-14-6-12-9/h1-6H. The zero-order valence-electron chi connectivity index (χ0n) is 7.11. The largest absolute Gasteiger partial charge is 0.287 e. The van der Waals surface area contributed by atoms with Gasteiger partial charge >= 0.3 is 0 Å². The molecule has 2 rings (SSSR count). The Morgan fingerprint density at radius 3 is 2.57 bits per heavy atom. The number of ketones is 1. The molecule has 0 atom stereocenters. The fourth-order valence-corrected chi connectivity index (χ4v) is 1.73. The summed E-state index contributed by atoms with van der Waals surface area (Å²) in [5.41, 5.74) is 2.74. The molecular formula is C10H6ClNOS. The van der Waals surface area contributed by atoms with Crippen molar-refractivity contribution in [2.24, 2.45) is 0 Å². The van der Waals surface area contributed by atoms with Gasteiger partial charge in [0, 0.05) is 16.0 Å². The van der Waals surface area contributed by atoms with E-state index in [4.69, 9.17) is 11.6 Å². The number of hydrogen-bond acceptors (Lipinski definition) is 3. The molecule has 1 heterocycles. The number of nitrogens with zero attached hydrogens (tertiary/aromatic N) is 1. The molecule has 0 aliphatic heterocycles. The van der Waals surface area contributed by atoms with Crippen LogP contribution in [0.4, 0.5) is 0 Å². The van der Waals surface area contributed by atoms with Gasteiger partial charge < -0.3 is 0 Å². The van der Waals surface area contributed by atoms with Crippen molar-refractivity contribution in [1.82, 2.24) is 4.98 Å². The van der Waals surface area contributed by atoms with Gasteiger partial charge in [0.15, 0.2) is 0 Å². The number of carbonyl (C=O) groups is 1. The average Bonchev–Trinajstić information content (AvgIpc) is 2.71. The summed E-state index contributed by atoms with van der Waals surface area (Å²) in [6, 6.07) is 6.79. The summed E-state index contributed by atoms with van der Waals surface area (Å²) in [6.07, 6.45) is 0. The highest BCUT2D eigenvalue weighted by molar-refractivity contribution is 7.07. The molecule has 0 saturated carbocycles. The molecule has 1 aromatic heterocycles. The van der Waals surface area contributed by atoms with E-state index in [9.17, 15) is 4.79 Å². The van der Waals surface area contributed by atoms with Crippen LogP contribution in [0.15, 0.2) is 35.2 Å². The normalized spacial score (nSPS) is 10.1. The van der Waals surface area contributed by atoms with Crippen molar-refractivity contribution in [2.75, 3.05) is 0 Å². The lowest BCUT2D eigenvalue weighted by atomic mass is 10.1. The number of benzene rings is 1. The van der Waals surface area contributed by atoms with Crippen molar-refractivity contribution in [1.29, 1.82) is 0 Å². The number of rotatable bonds is 2. The minimum absolute atomic E-state index is 0.0667. The Morgan fingerprint density at radius 1 is 1.29 bits per heavy atom. The molecule has 0 bridgehead atoms. The summed E-state index contributed by atoms with van der Waals surface area (Å²) < 4.78 is 0. The second kappa shape index (κ2) is 3.90. The Kier molecular flexibility index (Phi) is 2.61. The van der Waals surface area contributed by atoms with Crippen LogP contribution in [0.3, 0.4) is 0 Å². The highest BCUT2D eigenvalue weighted by Gasteiger charge is 2.09. The Morgan fingerprint density at radius 2 is 2.00 bits per heavy atom. The topological polar surface area (TPSA) is 30.0 Å². The number of carbonyl (C=O) groups excluding carboxylic acids is 1. The molecular weight excluding hydrogens is 218 g/mol. The van der Waals surface area contributed by atoms with Crippen LogP contribution in [0.1, 0.15) is 16.1 Å². The molecule has 0 aliphatic rings. The molecule has 0 fully saturated rings. The first kappa shape index (κ1) is 9.37.